The van der Waals surface area contributed by atoms with Crippen molar-refractivity contribution in [3.63, 3.8) is 0 Å². The Balaban J connectivity index is 1.80. The third-order valence-corrected chi connectivity index (χ3v) is 6.40. The highest BCUT2D eigenvalue weighted by atomic mass is 17.3. The Hall–Kier alpha value is -0.690. The fourth-order valence-corrected chi connectivity index (χ4v) is 5.19. The molecule has 0 unspecified atom stereocenters. The molecule has 0 amide bonds. The van der Waals surface area contributed by atoms with Crippen LogP contribution in [0.5, 0.6) is 0 Å². The van der Waals surface area contributed by atoms with Gasteiger partial charge in [0, 0.05) is 12.3 Å². The first-order valence-corrected chi connectivity index (χ1v) is 8.30. The lowest BCUT2D eigenvalue weighted by Gasteiger charge is -2.59. The van der Waals surface area contributed by atoms with Crippen LogP contribution in [-0.4, -0.2) is 34.9 Å². The van der Waals surface area contributed by atoms with E-state index < -0.39 is 29.8 Å². The molecule has 0 aromatic rings. The maximum atomic E-state index is 11.6. The zero-order chi connectivity index (χ0) is 15.7. The van der Waals surface area contributed by atoms with Crippen molar-refractivity contribution < 1.29 is 29.1 Å². The van der Waals surface area contributed by atoms with Gasteiger partial charge >= 0.3 is 5.97 Å². The Labute approximate surface area is 130 Å². The van der Waals surface area contributed by atoms with Crippen LogP contribution in [0.3, 0.4) is 0 Å². The Morgan fingerprint density at radius 3 is 2.64 bits per heavy atom. The number of carbonyl (C=O) groups is 1. The molecule has 6 nitrogen and oxygen atoms in total. The monoisotopic (exact) mass is 312 g/mol. The largest absolute Gasteiger partial charge is 0.479 e. The van der Waals surface area contributed by atoms with Gasteiger partial charge in [-0.2, -0.15) is 0 Å². The molecule has 2 bridgehead atoms. The molecule has 4 saturated heterocycles. The summed E-state index contributed by atoms with van der Waals surface area (Å²) in [7, 11) is 0. The predicted molar refractivity (Wildman–Crippen MR) is 74.5 cm³/mol. The number of carboxylic acids is 1. The van der Waals surface area contributed by atoms with E-state index >= 15 is 0 Å². The molecule has 5 rings (SSSR count). The van der Waals surface area contributed by atoms with Crippen molar-refractivity contribution in [2.75, 3.05) is 0 Å². The maximum absolute atomic E-state index is 11.6. The van der Waals surface area contributed by atoms with Crippen molar-refractivity contribution in [2.24, 2.45) is 23.7 Å². The van der Waals surface area contributed by atoms with Crippen LogP contribution in [-0.2, 0) is 24.0 Å². The minimum Gasteiger partial charge on any atom is -0.479 e. The van der Waals surface area contributed by atoms with E-state index in [4.69, 9.17) is 19.2 Å². The fraction of sp³-hybridized carbons (Fsp3) is 0.938. The smallest absolute Gasteiger partial charge is 0.333 e. The quantitative estimate of drug-likeness (QED) is 0.749. The minimum absolute atomic E-state index is 0.0798. The molecule has 1 saturated carbocycles. The normalized spacial score (nSPS) is 57.0. The van der Waals surface area contributed by atoms with Crippen LogP contribution in [0.1, 0.15) is 46.5 Å². The van der Waals surface area contributed by atoms with Crippen molar-refractivity contribution in [1.29, 1.82) is 0 Å². The first-order chi connectivity index (χ1) is 10.4. The number of carboxylic acid groups (broad SMARTS) is 1. The standard InChI is InChI=1S/C16H24O6/c1-8-4-5-11-9(2)12(13(17)18)19-14-16(11)10(8)6-7-15(3,20-14)21-22-16/h8-12,14H,4-7H2,1-3H3,(H,17,18)/t8-,9-,10+,11+,12-,14-,15-,16-/m1/s1. The van der Waals surface area contributed by atoms with E-state index in [9.17, 15) is 9.90 Å². The number of ether oxygens (including phenoxy) is 2. The molecule has 5 aliphatic rings. The van der Waals surface area contributed by atoms with Gasteiger partial charge in [0.1, 0.15) is 0 Å². The van der Waals surface area contributed by atoms with Crippen molar-refractivity contribution in [2.45, 2.75) is 70.2 Å². The third kappa shape index (κ3) is 1.78. The second kappa shape index (κ2) is 4.66. The van der Waals surface area contributed by atoms with E-state index in [2.05, 4.69) is 6.92 Å². The highest BCUT2D eigenvalue weighted by Gasteiger charge is 2.69. The van der Waals surface area contributed by atoms with Crippen LogP contribution >= 0.6 is 0 Å². The van der Waals surface area contributed by atoms with Crippen molar-refractivity contribution in [1.82, 2.24) is 0 Å². The van der Waals surface area contributed by atoms with Gasteiger partial charge in [0.25, 0.3) is 0 Å². The summed E-state index contributed by atoms with van der Waals surface area (Å²) in [6, 6.07) is 0. The number of hydrogen-bond donors (Lipinski definition) is 1. The highest BCUT2D eigenvalue weighted by molar-refractivity contribution is 5.73. The molecule has 8 atom stereocenters. The molecule has 0 aromatic carbocycles. The average molecular weight is 312 g/mol. The van der Waals surface area contributed by atoms with Gasteiger partial charge in [-0.1, -0.05) is 13.8 Å². The Kier molecular flexibility index (Phi) is 3.15. The number of fused-ring (bicyclic) bond motifs is 2. The van der Waals surface area contributed by atoms with E-state index in [1.807, 2.05) is 13.8 Å². The molecule has 1 spiro atoms. The third-order valence-electron chi connectivity index (χ3n) is 6.40. The summed E-state index contributed by atoms with van der Waals surface area (Å²) in [5.74, 6) is -1.05. The Morgan fingerprint density at radius 2 is 1.91 bits per heavy atom. The molecule has 0 radical (unpaired) electrons. The molecule has 22 heavy (non-hydrogen) atoms. The predicted octanol–water partition coefficient (Wildman–Crippen LogP) is 2.32. The first kappa shape index (κ1) is 14.9. The Bertz CT molecular complexity index is 495. The van der Waals surface area contributed by atoms with Gasteiger partial charge in [-0.05, 0) is 43.9 Å². The highest BCUT2D eigenvalue weighted by Crippen LogP contribution is 2.60. The summed E-state index contributed by atoms with van der Waals surface area (Å²) in [5, 5.41) is 9.50. The molecule has 6 heteroatoms. The zero-order valence-electron chi connectivity index (χ0n) is 13.3. The van der Waals surface area contributed by atoms with Crippen LogP contribution in [0.2, 0.25) is 0 Å². The summed E-state index contributed by atoms with van der Waals surface area (Å²) < 4.78 is 12.0. The average Bonchev–Trinajstić information content (AvgIpc) is 2.69. The van der Waals surface area contributed by atoms with Gasteiger partial charge in [-0.25, -0.2) is 14.6 Å². The molecular formula is C16H24O6. The molecule has 124 valence electrons. The van der Waals surface area contributed by atoms with Gasteiger partial charge in [0.2, 0.25) is 5.79 Å². The number of aliphatic carboxylic acids is 1. The molecular weight excluding hydrogens is 288 g/mol. The second-order valence-corrected chi connectivity index (χ2v) is 7.66. The molecule has 4 heterocycles. The molecule has 5 fully saturated rings. The van der Waals surface area contributed by atoms with Crippen LogP contribution in [0.15, 0.2) is 0 Å². The van der Waals surface area contributed by atoms with Gasteiger partial charge in [0.05, 0.1) is 0 Å². The topological polar surface area (TPSA) is 74.2 Å². The fourth-order valence-electron chi connectivity index (χ4n) is 5.19. The number of rotatable bonds is 1. The summed E-state index contributed by atoms with van der Waals surface area (Å²) in [6.45, 7) is 6.03. The summed E-state index contributed by atoms with van der Waals surface area (Å²) in [5.41, 5.74) is -0.668. The SMILES string of the molecule is C[C@H]1[C@H](C(=O)O)O[C@@H]2O[C@@]3(C)CC[C@H]4[C@H](C)CC[C@@H]1[C@@]24OO3. The maximum Gasteiger partial charge on any atom is 0.333 e. The lowest BCUT2D eigenvalue weighted by molar-refractivity contribution is -0.569. The second-order valence-electron chi connectivity index (χ2n) is 7.66. The number of hydrogen-bond acceptors (Lipinski definition) is 5. The van der Waals surface area contributed by atoms with Crippen LogP contribution in [0.4, 0.5) is 0 Å². The minimum atomic E-state index is -0.924. The van der Waals surface area contributed by atoms with Gasteiger partial charge in [-0.3, -0.25) is 0 Å². The Morgan fingerprint density at radius 1 is 1.14 bits per heavy atom. The van der Waals surface area contributed by atoms with E-state index in [-0.39, 0.29) is 17.8 Å². The summed E-state index contributed by atoms with van der Waals surface area (Å²) in [4.78, 5) is 23.2. The summed E-state index contributed by atoms with van der Waals surface area (Å²) >= 11 is 0. The van der Waals surface area contributed by atoms with Crippen molar-refractivity contribution >= 4 is 5.97 Å². The van der Waals surface area contributed by atoms with Gasteiger partial charge in [-0.15, -0.1) is 0 Å². The first-order valence-electron chi connectivity index (χ1n) is 8.30. The van der Waals surface area contributed by atoms with E-state index in [1.165, 1.54) is 0 Å². The van der Waals surface area contributed by atoms with Crippen molar-refractivity contribution in [3.05, 3.63) is 0 Å². The van der Waals surface area contributed by atoms with E-state index in [0.29, 0.717) is 5.92 Å². The van der Waals surface area contributed by atoms with Crippen LogP contribution in [0, 0.1) is 23.7 Å². The molecule has 1 aliphatic carbocycles. The van der Waals surface area contributed by atoms with Gasteiger partial charge in [0.15, 0.2) is 18.0 Å². The van der Waals surface area contributed by atoms with E-state index in [0.717, 1.165) is 25.7 Å². The molecule has 1 N–H and O–H groups in total. The van der Waals surface area contributed by atoms with Crippen LogP contribution < -0.4 is 0 Å². The lowest BCUT2D eigenvalue weighted by Crippen LogP contribution is -2.71. The summed E-state index contributed by atoms with van der Waals surface area (Å²) in [6.07, 6.45) is 2.19. The van der Waals surface area contributed by atoms with Crippen LogP contribution in [0.25, 0.3) is 0 Å². The van der Waals surface area contributed by atoms with Crippen molar-refractivity contribution in [3.8, 4) is 0 Å². The van der Waals surface area contributed by atoms with E-state index in [1.54, 1.807) is 0 Å². The molecule has 4 aliphatic heterocycles. The molecule has 0 aromatic heterocycles. The zero-order valence-corrected chi connectivity index (χ0v) is 13.3. The lowest BCUT2D eigenvalue weighted by atomic mass is 9.57. The van der Waals surface area contributed by atoms with Gasteiger partial charge < -0.3 is 14.6 Å².